The number of carbonyl (C=O) groups excluding carboxylic acids is 1. The van der Waals surface area contributed by atoms with Crippen molar-refractivity contribution in [3.8, 4) is 5.69 Å². The van der Waals surface area contributed by atoms with E-state index in [1.54, 1.807) is 24.3 Å². The molecular weight excluding hydrogens is 318 g/mol. The smallest absolute Gasteiger partial charge is 0.253 e. The third kappa shape index (κ3) is 4.43. The zero-order valence-electron chi connectivity index (χ0n) is 14.8. The lowest BCUT2D eigenvalue weighted by atomic mass is 10.1. The molecule has 1 saturated heterocycles. The highest BCUT2D eigenvalue weighted by Crippen LogP contribution is 2.18. The standard InChI is InChI=1S/C18H25N5O2/c1-21(11-15-6-7-22(12-15)8-9-25-2)18(24)16-4-3-5-17(10-16)23-13-19-20-14-23/h3-5,10,13-15H,6-9,11-12H2,1-2H3/t15-/m1/s1. The highest BCUT2D eigenvalue weighted by atomic mass is 16.5. The normalized spacial score (nSPS) is 17.8. The van der Waals surface area contributed by atoms with E-state index in [0.717, 1.165) is 44.9 Å². The van der Waals surface area contributed by atoms with Crippen molar-refractivity contribution in [2.24, 2.45) is 5.92 Å². The molecule has 0 unspecified atom stereocenters. The van der Waals surface area contributed by atoms with Crippen LogP contribution in [0.3, 0.4) is 0 Å². The van der Waals surface area contributed by atoms with Gasteiger partial charge in [0, 0.05) is 45.0 Å². The van der Waals surface area contributed by atoms with Crippen LogP contribution in [0.25, 0.3) is 5.69 Å². The molecule has 1 atom stereocenters. The molecule has 1 aliphatic heterocycles. The molecule has 1 aliphatic rings. The van der Waals surface area contributed by atoms with Crippen LogP contribution in [0.15, 0.2) is 36.9 Å². The molecule has 134 valence electrons. The predicted molar refractivity (Wildman–Crippen MR) is 94.7 cm³/mol. The molecule has 0 radical (unpaired) electrons. The van der Waals surface area contributed by atoms with Crippen LogP contribution >= 0.6 is 0 Å². The van der Waals surface area contributed by atoms with Crippen molar-refractivity contribution in [2.45, 2.75) is 6.42 Å². The molecule has 0 aliphatic carbocycles. The number of nitrogens with zero attached hydrogens (tertiary/aromatic N) is 5. The number of hydrogen-bond donors (Lipinski definition) is 0. The molecule has 2 heterocycles. The van der Waals surface area contributed by atoms with Gasteiger partial charge in [-0.25, -0.2) is 0 Å². The summed E-state index contributed by atoms with van der Waals surface area (Å²) in [5.74, 6) is 0.567. The number of ether oxygens (including phenoxy) is 1. The zero-order chi connectivity index (χ0) is 17.6. The van der Waals surface area contributed by atoms with Crippen molar-refractivity contribution in [3.63, 3.8) is 0 Å². The van der Waals surface area contributed by atoms with Gasteiger partial charge in [0.15, 0.2) is 0 Å². The topological polar surface area (TPSA) is 63.5 Å². The lowest BCUT2D eigenvalue weighted by Crippen LogP contribution is -2.33. The molecule has 2 aromatic rings. The number of methoxy groups -OCH3 is 1. The van der Waals surface area contributed by atoms with E-state index in [1.165, 1.54) is 0 Å². The van der Waals surface area contributed by atoms with E-state index in [4.69, 9.17) is 4.74 Å². The Hall–Kier alpha value is -2.25. The Labute approximate surface area is 148 Å². The lowest BCUT2D eigenvalue weighted by Gasteiger charge is -2.22. The largest absolute Gasteiger partial charge is 0.383 e. The van der Waals surface area contributed by atoms with Crippen LogP contribution in [0.1, 0.15) is 16.8 Å². The van der Waals surface area contributed by atoms with Gasteiger partial charge in [-0.05, 0) is 37.1 Å². The van der Waals surface area contributed by atoms with E-state index >= 15 is 0 Å². The second kappa shape index (κ2) is 8.22. The molecule has 1 aromatic heterocycles. The Morgan fingerprint density at radius 1 is 1.36 bits per heavy atom. The van der Waals surface area contributed by atoms with Crippen molar-refractivity contribution in [2.75, 3.05) is 46.9 Å². The Balaban J connectivity index is 1.59. The summed E-state index contributed by atoms with van der Waals surface area (Å²) in [7, 11) is 3.61. The quantitative estimate of drug-likeness (QED) is 0.758. The van der Waals surface area contributed by atoms with Gasteiger partial charge >= 0.3 is 0 Å². The summed E-state index contributed by atoms with van der Waals surface area (Å²) in [5, 5.41) is 7.62. The van der Waals surface area contributed by atoms with Crippen molar-refractivity contribution < 1.29 is 9.53 Å². The second-order valence-corrected chi connectivity index (χ2v) is 6.55. The minimum absolute atomic E-state index is 0.0465. The van der Waals surface area contributed by atoms with Gasteiger partial charge in [0.05, 0.1) is 6.61 Å². The third-order valence-corrected chi connectivity index (χ3v) is 4.67. The second-order valence-electron chi connectivity index (χ2n) is 6.55. The van der Waals surface area contributed by atoms with Crippen molar-refractivity contribution >= 4 is 5.91 Å². The number of rotatable bonds is 7. The molecular formula is C18H25N5O2. The number of likely N-dealkylation sites (tertiary alicyclic amines) is 1. The van der Waals surface area contributed by atoms with Gasteiger partial charge in [0.25, 0.3) is 5.91 Å². The van der Waals surface area contributed by atoms with Gasteiger partial charge in [0.1, 0.15) is 12.7 Å². The van der Waals surface area contributed by atoms with E-state index in [-0.39, 0.29) is 5.91 Å². The SMILES string of the molecule is COCCN1CC[C@H](CN(C)C(=O)c2cccc(-n3cnnc3)c2)C1. The Bertz CT molecular complexity index is 689. The van der Waals surface area contributed by atoms with E-state index in [1.807, 2.05) is 36.2 Å². The molecule has 1 fully saturated rings. The number of carbonyl (C=O) groups is 1. The fraction of sp³-hybridized carbons (Fsp3) is 0.500. The van der Waals surface area contributed by atoms with Gasteiger partial charge in [-0.2, -0.15) is 0 Å². The van der Waals surface area contributed by atoms with E-state index in [2.05, 4.69) is 15.1 Å². The lowest BCUT2D eigenvalue weighted by molar-refractivity contribution is 0.0772. The van der Waals surface area contributed by atoms with Crippen molar-refractivity contribution in [3.05, 3.63) is 42.5 Å². The van der Waals surface area contributed by atoms with Crippen LogP contribution < -0.4 is 0 Å². The van der Waals surface area contributed by atoms with Gasteiger partial charge in [-0.3, -0.25) is 9.36 Å². The van der Waals surface area contributed by atoms with Gasteiger partial charge in [-0.1, -0.05) is 6.07 Å². The molecule has 7 heteroatoms. The summed E-state index contributed by atoms with van der Waals surface area (Å²) < 4.78 is 6.93. The number of benzene rings is 1. The maximum absolute atomic E-state index is 12.8. The Morgan fingerprint density at radius 3 is 2.92 bits per heavy atom. The Kier molecular flexibility index (Phi) is 5.78. The highest BCUT2D eigenvalue weighted by molar-refractivity contribution is 5.94. The molecule has 7 nitrogen and oxygen atoms in total. The Morgan fingerprint density at radius 2 is 2.16 bits per heavy atom. The molecule has 1 amide bonds. The molecule has 1 aromatic carbocycles. The first kappa shape index (κ1) is 17.6. The average molecular weight is 343 g/mol. The minimum atomic E-state index is 0.0465. The first-order chi connectivity index (χ1) is 12.2. The molecule has 3 rings (SSSR count). The first-order valence-corrected chi connectivity index (χ1v) is 8.59. The maximum Gasteiger partial charge on any atom is 0.253 e. The van der Waals surface area contributed by atoms with Crippen LogP contribution in [0.2, 0.25) is 0 Å². The van der Waals surface area contributed by atoms with Crippen LogP contribution in [-0.4, -0.2) is 77.4 Å². The average Bonchev–Trinajstić information content (AvgIpc) is 3.31. The first-order valence-electron chi connectivity index (χ1n) is 8.59. The summed E-state index contributed by atoms with van der Waals surface area (Å²) in [6, 6.07) is 7.55. The summed E-state index contributed by atoms with van der Waals surface area (Å²) in [5.41, 5.74) is 1.57. The number of amides is 1. The molecule has 0 N–H and O–H groups in total. The van der Waals surface area contributed by atoms with E-state index < -0.39 is 0 Å². The van der Waals surface area contributed by atoms with Crippen molar-refractivity contribution in [1.29, 1.82) is 0 Å². The third-order valence-electron chi connectivity index (χ3n) is 4.67. The summed E-state index contributed by atoms with van der Waals surface area (Å²) in [6.45, 7) is 4.61. The van der Waals surface area contributed by atoms with Crippen molar-refractivity contribution in [1.82, 2.24) is 24.6 Å². The van der Waals surface area contributed by atoms with Crippen LogP contribution in [-0.2, 0) is 4.74 Å². The van der Waals surface area contributed by atoms with Crippen LogP contribution in [0.5, 0.6) is 0 Å². The monoisotopic (exact) mass is 343 g/mol. The minimum Gasteiger partial charge on any atom is -0.383 e. The van der Waals surface area contributed by atoms with Gasteiger partial charge in [0.2, 0.25) is 0 Å². The number of aromatic nitrogens is 3. The summed E-state index contributed by atoms with van der Waals surface area (Å²) in [6.07, 6.45) is 4.38. The zero-order valence-corrected chi connectivity index (χ0v) is 14.8. The predicted octanol–water partition coefficient (Wildman–Crippen LogP) is 1.31. The summed E-state index contributed by atoms with van der Waals surface area (Å²) in [4.78, 5) is 17.0. The summed E-state index contributed by atoms with van der Waals surface area (Å²) >= 11 is 0. The van der Waals surface area contributed by atoms with Crippen LogP contribution in [0.4, 0.5) is 0 Å². The fourth-order valence-corrected chi connectivity index (χ4v) is 3.31. The van der Waals surface area contributed by atoms with Gasteiger partial charge < -0.3 is 14.5 Å². The molecule has 0 spiro atoms. The van der Waals surface area contributed by atoms with E-state index in [9.17, 15) is 4.79 Å². The number of hydrogen-bond acceptors (Lipinski definition) is 5. The molecule has 0 bridgehead atoms. The molecule has 0 saturated carbocycles. The van der Waals surface area contributed by atoms with E-state index in [0.29, 0.717) is 11.5 Å². The fourth-order valence-electron chi connectivity index (χ4n) is 3.31. The van der Waals surface area contributed by atoms with Gasteiger partial charge in [-0.15, -0.1) is 10.2 Å². The van der Waals surface area contributed by atoms with Crippen LogP contribution in [0, 0.1) is 5.92 Å². The maximum atomic E-state index is 12.8. The molecule has 25 heavy (non-hydrogen) atoms. The highest BCUT2D eigenvalue weighted by Gasteiger charge is 2.25.